The molecule has 6 heteroatoms. The van der Waals surface area contributed by atoms with Crippen molar-refractivity contribution in [3.8, 4) is 0 Å². The fraction of sp³-hybridized carbons (Fsp3) is 1.00. The number of piperazine rings is 1. The van der Waals surface area contributed by atoms with Gasteiger partial charge in [0, 0.05) is 38.3 Å². The molecule has 0 aromatic carbocycles. The van der Waals surface area contributed by atoms with Crippen LogP contribution in [0.15, 0.2) is 0 Å². The molecule has 0 bridgehead atoms. The summed E-state index contributed by atoms with van der Waals surface area (Å²) < 4.78 is 24.8. The first-order chi connectivity index (χ1) is 9.93. The molecule has 0 aromatic heterocycles. The predicted octanol–water partition coefficient (Wildman–Crippen LogP) is 1.51. The lowest BCUT2D eigenvalue weighted by Crippen LogP contribution is -2.57. The summed E-state index contributed by atoms with van der Waals surface area (Å²) in [5.74, 6) is 0. The Morgan fingerprint density at radius 3 is 2.10 bits per heavy atom. The SMILES string of the molecule is CCCNC(CCC)C(CC)N1CCN(S(C)(=O)=O)CC1. The van der Waals surface area contributed by atoms with E-state index in [1.165, 1.54) is 19.1 Å². The highest BCUT2D eigenvalue weighted by atomic mass is 32.2. The highest BCUT2D eigenvalue weighted by Gasteiger charge is 2.30. The summed E-state index contributed by atoms with van der Waals surface area (Å²) in [4.78, 5) is 2.48. The van der Waals surface area contributed by atoms with Gasteiger partial charge in [0.15, 0.2) is 0 Å². The molecule has 0 aliphatic carbocycles. The molecular formula is C15H33N3O2S. The second-order valence-electron chi connectivity index (χ2n) is 6.02. The minimum atomic E-state index is -3.04. The maximum atomic E-state index is 11.6. The summed E-state index contributed by atoms with van der Waals surface area (Å²) in [5, 5.41) is 3.69. The van der Waals surface area contributed by atoms with Crippen molar-refractivity contribution in [2.24, 2.45) is 0 Å². The van der Waals surface area contributed by atoms with E-state index in [1.807, 2.05) is 0 Å². The average molecular weight is 320 g/mol. The Labute approximate surface area is 131 Å². The van der Waals surface area contributed by atoms with Crippen LogP contribution in [0.25, 0.3) is 0 Å². The van der Waals surface area contributed by atoms with Gasteiger partial charge in [0.25, 0.3) is 0 Å². The lowest BCUT2D eigenvalue weighted by atomic mass is 9.98. The summed E-state index contributed by atoms with van der Waals surface area (Å²) in [6.07, 6.45) is 5.94. The topological polar surface area (TPSA) is 52.6 Å². The number of nitrogens with zero attached hydrogens (tertiary/aromatic N) is 2. The first kappa shape index (κ1) is 18.9. The molecule has 0 amide bonds. The van der Waals surface area contributed by atoms with Gasteiger partial charge in [0.2, 0.25) is 10.0 Å². The summed E-state index contributed by atoms with van der Waals surface area (Å²) in [6, 6.07) is 1.03. The summed E-state index contributed by atoms with van der Waals surface area (Å²) in [6.45, 7) is 10.7. The number of hydrogen-bond donors (Lipinski definition) is 1. The fourth-order valence-electron chi connectivity index (χ4n) is 3.24. The van der Waals surface area contributed by atoms with Crippen LogP contribution in [0.1, 0.15) is 46.5 Å². The summed E-state index contributed by atoms with van der Waals surface area (Å²) in [7, 11) is -3.04. The second-order valence-corrected chi connectivity index (χ2v) is 8.01. The largest absolute Gasteiger partial charge is 0.312 e. The Bertz CT molecular complexity index is 378. The third kappa shape index (κ3) is 5.85. The maximum absolute atomic E-state index is 11.6. The Kier molecular flexibility index (Phi) is 8.16. The molecule has 1 aliphatic rings. The van der Waals surface area contributed by atoms with Crippen molar-refractivity contribution in [2.75, 3.05) is 39.0 Å². The molecule has 0 radical (unpaired) electrons. The molecule has 5 nitrogen and oxygen atoms in total. The van der Waals surface area contributed by atoms with E-state index in [0.717, 1.165) is 32.5 Å². The van der Waals surface area contributed by atoms with Crippen LogP contribution in [0.5, 0.6) is 0 Å². The van der Waals surface area contributed by atoms with Gasteiger partial charge in [0.05, 0.1) is 6.26 Å². The molecule has 2 unspecified atom stereocenters. The average Bonchev–Trinajstić information content (AvgIpc) is 2.45. The van der Waals surface area contributed by atoms with Crippen LogP contribution < -0.4 is 5.32 Å². The molecule has 1 aliphatic heterocycles. The van der Waals surface area contributed by atoms with Crippen molar-refractivity contribution in [1.29, 1.82) is 0 Å². The van der Waals surface area contributed by atoms with Crippen LogP contribution >= 0.6 is 0 Å². The van der Waals surface area contributed by atoms with Crippen molar-refractivity contribution in [3.63, 3.8) is 0 Å². The van der Waals surface area contributed by atoms with Gasteiger partial charge in [-0.15, -0.1) is 0 Å². The highest BCUT2D eigenvalue weighted by molar-refractivity contribution is 7.88. The predicted molar refractivity (Wildman–Crippen MR) is 89.1 cm³/mol. The van der Waals surface area contributed by atoms with E-state index in [2.05, 4.69) is 31.0 Å². The summed E-state index contributed by atoms with van der Waals surface area (Å²) >= 11 is 0. The van der Waals surface area contributed by atoms with Crippen molar-refractivity contribution in [1.82, 2.24) is 14.5 Å². The molecule has 1 N–H and O–H groups in total. The maximum Gasteiger partial charge on any atom is 0.211 e. The van der Waals surface area contributed by atoms with E-state index in [4.69, 9.17) is 0 Å². The Morgan fingerprint density at radius 2 is 1.67 bits per heavy atom. The highest BCUT2D eigenvalue weighted by Crippen LogP contribution is 2.17. The zero-order valence-corrected chi connectivity index (χ0v) is 15.0. The van der Waals surface area contributed by atoms with Crippen LogP contribution in [-0.2, 0) is 10.0 Å². The Hall–Kier alpha value is -0.170. The van der Waals surface area contributed by atoms with Gasteiger partial charge in [-0.1, -0.05) is 27.2 Å². The molecule has 1 heterocycles. The molecule has 126 valence electrons. The van der Waals surface area contributed by atoms with Crippen molar-refractivity contribution < 1.29 is 8.42 Å². The molecule has 0 spiro atoms. The standard InChI is InChI=1S/C15H33N3O2S/c1-5-8-14(16-9-6-2)15(7-3)17-10-12-18(13-11-17)21(4,19)20/h14-16H,5-13H2,1-4H3. The number of sulfonamides is 1. The summed E-state index contributed by atoms with van der Waals surface area (Å²) in [5.41, 5.74) is 0. The van der Waals surface area contributed by atoms with Gasteiger partial charge >= 0.3 is 0 Å². The van der Waals surface area contributed by atoms with Gasteiger partial charge in [-0.05, 0) is 25.8 Å². The van der Waals surface area contributed by atoms with Gasteiger partial charge in [0.1, 0.15) is 0 Å². The second kappa shape index (κ2) is 9.08. The smallest absolute Gasteiger partial charge is 0.211 e. The quantitative estimate of drug-likeness (QED) is 0.700. The third-order valence-electron chi connectivity index (χ3n) is 4.35. The van der Waals surface area contributed by atoms with Crippen molar-refractivity contribution in [2.45, 2.75) is 58.5 Å². The molecular weight excluding hydrogens is 286 g/mol. The van der Waals surface area contributed by atoms with Crippen LogP contribution in [0.2, 0.25) is 0 Å². The van der Waals surface area contributed by atoms with E-state index in [0.29, 0.717) is 25.2 Å². The van der Waals surface area contributed by atoms with E-state index in [9.17, 15) is 8.42 Å². The van der Waals surface area contributed by atoms with Crippen LogP contribution in [0, 0.1) is 0 Å². The molecule has 21 heavy (non-hydrogen) atoms. The molecule has 1 fully saturated rings. The first-order valence-corrected chi connectivity index (χ1v) is 10.2. The molecule has 1 rings (SSSR count). The minimum absolute atomic E-state index is 0.512. The minimum Gasteiger partial charge on any atom is -0.312 e. The van der Waals surface area contributed by atoms with E-state index >= 15 is 0 Å². The van der Waals surface area contributed by atoms with E-state index in [1.54, 1.807) is 4.31 Å². The van der Waals surface area contributed by atoms with E-state index < -0.39 is 10.0 Å². The van der Waals surface area contributed by atoms with E-state index in [-0.39, 0.29) is 0 Å². The fourth-order valence-corrected chi connectivity index (χ4v) is 4.06. The molecule has 1 saturated heterocycles. The number of nitrogens with one attached hydrogen (secondary N) is 1. The van der Waals surface area contributed by atoms with Crippen LogP contribution in [0.4, 0.5) is 0 Å². The lowest BCUT2D eigenvalue weighted by molar-refractivity contribution is 0.104. The molecule has 2 atom stereocenters. The van der Waals surface area contributed by atoms with Crippen molar-refractivity contribution in [3.05, 3.63) is 0 Å². The normalized spacial score (nSPS) is 21.3. The Balaban J connectivity index is 2.63. The van der Waals surface area contributed by atoms with Crippen LogP contribution in [0.3, 0.4) is 0 Å². The molecule has 0 aromatic rings. The zero-order valence-electron chi connectivity index (χ0n) is 14.1. The zero-order chi connectivity index (χ0) is 15.9. The van der Waals surface area contributed by atoms with Crippen molar-refractivity contribution >= 4 is 10.0 Å². The Morgan fingerprint density at radius 1 is 1.05 bits per heavy atom. The molecule has 0 saturated carbocycles. The lowest BCUT2D eigenvalue weighted by Gasteiger charge is -2.41. The monoisotopic (exact) mass is 319 g/mol. The third-order valence-corrected chi connectivity index (χ3v) is 5.65. The number of hydrogen-bond acceptors (Lipinski definition) is 4. The van der Waals surface area contributed by atoms with Gasteiger partial charge in [-0.25, -0.2) is 8.42 Å². The van der Waals surface area contributed by atoms with Gasteiger partial charge in [-0.2, -0.15) is 4.31 Å². The van der Waals surface area contributed by atoms with Gasteiger partial charge in [-0.3, -0.25) is 4.90 Å². The number of rotatable bonds is 9. The van der Waals surface area contributed by atoms with Gasteiger partial charge < -0.3 is 5.32 Å². The first-order valence-electron chi connectivity index (χ1n) is 8.36. The van der Waals surface area contributed by atoms with Crippen LogP contribution in [-0.4, -0.2) is 68.7 Å².